The summed E-state index contributed by atoms with van der Waals surface area (Å²) in [6.45, 7) is 4.16. The lowest BCUT2D eigenvalue weighted by atomic mass is 10.1. The van der Waals surface area contributed by atoms with Crippen molar-refractivity contribution in [3.8, 4) is 0 Å². The van der Waals surface area contributed by atoms with Gasteiger partial charge in [0, 0.05) is 48.5 Å². The molecule has 0 radical (unpaired) electrons. The predicted octanol–water partition coefficient (Wildman–Crippen LogP) is 5.00. The van der Waals surface area contributed by atoms with Gasteiger partial charge in [0.05, 0.1) is 0 Å². The van der Waals surface area contributed by atoms with Crippen molar-refractivity contribution in [2.24, 2.45) is 0 Å². The lowest BCUT2D eigenvalue weighted by molar-refractivity contribution is 0.102. The molecule has 1 fully saturated rings. The zero-order valence-electron chi connectivity index (χ0n) is 17.1. The maximum atomic E-state index is 12.9. The second-order valence-corrected chi connectivity index (χ2v) is 8.02. The number of fused-ring (bicyclic) bond motifs is 2. The molecule has 0 aliphatic carbocycles. The van der Waals surface area contributed by atoms with Gasteiger partial charge in [0.25, 0.3) is 5.91 Å². The van der Waals surface area contributed by atoms with Gasteiger partial charge >= 0.3 is 0 Å². The molecule has 150 valence electrons. The van der Waals surface area contributed by atoms with Crippen LogP contribution in [0.2, 0.25) is 0 Å². The fourth-order valence-corrected chi connectivity index (χ4v) is 4.19. The average molecular weight is 396 g/mol. The van der Waals surface area contributed by atoms with Gasteiger partial charge in [-0.05, 0) is 53.5 Å². The Morgan fingerprint density at radius 3 is 2.33 bits per heavy atom. The second-order valence-electron chi connectivity index (χ2n) is 8.02. The van der Waals surface area contributed by atoms with Gasteiger partial charge in [0.1, 0.15) is 0 Å². The smallest absolute Gasteiger partial charge is 0.255 e. The van der Waals surface area contributed by atoms with E-state index in [1.54, 1.807) is 0 Å². The number of rotatable bonds is 3. The summed E-state index contributed by atoms with van der Waals surface area (Å²) in [5.74, 6) is -0.0859. The number of piperazine rings is 1. The maximum absolute atomic E-state index is 12.9. The first-order chi connectivity index (χ1) is 14.7. The van der Waals surface area contributed by atoms with E-state index >= 15 is 0 Å². The number of carbonyl (C=O) groups excluding carboxylic acids is 1. The standard InChI is InChI=1S/C26H25N3O/c1-28-13-15-29(16-14-28)25-8-4-7-20-11-12-23(18-24(20)25)27-26(30)22-10-9-19-5-2-3-6-21(19)17-22/h2-12,17-18H,13-16H2,1H3,(H,27,30). The first kappa shape index (κ1) is 18.6. The number of nitrogens with one attached hydrogen (secondary N) is 1. The topological polar surface area (TPSA) is 35.6 Å². The summed E-state index contributed by atoms with van der Waals surface area (Å²) in [4.78, 5) is 17.7. The van der Waals surface area contributed by atoms with Crippen molar-refractivity contribution in [2.45, 2.75) is 0 Å². The molecule has 4 nitrogen and oxygen atoms in total. The molecule has 0 spiro atoms. The molecule has 1 heterocycles. The molecule has 1 aliphatic heterocycles. The lowest BCUT2D eigenvalue weighted by Gasteiger charge is -2.34. The first-order valence-electron chi connectivity index (χ1n) is 10.4. The molecule has 0 aromatic heterocycles. The third kappa shape index (κ3) is 3.62. The van der Waals surface area contributed by atoms with E-state index in [2.05, 4.69) is 58.6 Å². The van der Waals surface area contributed by atoms with Crippen LogP contribution in [0.4, 0.5) is 11.4 Å². The van der Waals surface area contributed by atoms with Gasteiger partial charge in [-0.25, -0.2) is 0 Å². The summed E-state index contributed by atoms with van der Waals surface area (Å²) in [7, 11) is 2.17. The summed E-state index contributed by atoms with van der Waals surface area (Å²) >= 11 is 0. The van der Waals surface area contributed by atoms with Crippen LogP contribution in [0.15, 0.2) is 78.9 Å². The SMILES string of the molecule is CN1CCN(c2cccc3ccc(NC(=O)c4ccc5ccccc5c4)cc23)CC1. The number of likely N-dealkylation sites (N-methyl/N-ethyl adjacent to an activating group) is 1. The Morgan fingerprint density at radius 2 is 1.50 bits per heavy atom. The van der Waals surface area contributed by atoms with Crippen molar-refractivity contribution < 1.29 is 4.79 Å². The van der Waals surface area contributed by atoms with E-state index in [0.717, 1.165) is 42.6 Å². The van der Waals surface area contributed by atoms with Crippen LogP contribution in [0.3, 0.4) is 0 Å². The van der Waals surface area contributed by atoms with Crippen molar-refractivity contribution >= 4 is 38.8 Å². The van der Waals surface area contributed by atoms with Crippen molar-refractivity contribution in [3.63, 3.8) is 0 Å². The van der Waals surface area contributed by atoms with Crippen LogP contribution in [0.25, 0.3) is 21.5 Å². The molecule has 1 amide bonds. The fraction of sp³-hybridized carbons (Fsp3) is 0.192. The molecule has 30 heavy (non-hydrogen) atoms. The molecular formula is C26H25N3O. The summed E-state index contributed by atoms with van der Waals surface area (Å²) in [5.41, 5.74) is 2.73. The van der Waals surface area contributed by atoms with Gasteiger partial charge in [0.2, 0.25) is 0 Å². The molecule has 1 aliphatic rings. The molecule has 1 N–H and O–H groups in total. The van der Waals surface area contributed by atoms with E-state index < -0.39 is 0 Å². The molecule has 1 saturated heterocycles. The average Bonchev–Trinajstić information content (AvgIpc) is 2.79. The minimum absolute atomic E-state index is 0.0859. The monoisotopic (exact) mass is 395 g/mol. The largest absolute Gasteiger partial charge is 0.368 e. The molecular weight excluding hydrogens is 370 g/mol. The Morgan fingerprint density at radius 1 is 0.767 bits per heavy atom. The van der Waals surface area contributed by atoms with Gasteiger partial charge in [0.15, 0.2) is 0 Å². The van der Waals surface area contributed by atoms with Crippen LogP contribution < -0.4 is 10.2 Å². The number of nitrogens with zero attached hydrogens (tertiary/aromatic N) is 2. The number of carbonyl (C=O) groups is 1. The number of amides is 1. The van der Waals surface area contributed by atoms with Crippen molar-refractivity contribution in [1.29, 1.82) is 0 Å². The Kier molecular flexibility index (Phi) is 4.85. The molecule has 0 bridgehead atoms. The highest BCUT2D eigenvalue weighted by molar-refractivity contribution is 6.08. The summed E-state index contributed by atoms with van der Waals surface area (Å²) < 4.78 is 0. The zero-order valence-corrected chi connectivity index (χ0v) is 17.1. The second kappa shape index (κ2) is 7.81. The Bertz CT molecular complexity index is 1230. The highest BCUT2D eigenvalue weighted by Gasteiger charge is 2.16. The number of hydrogen-bond acceptors (Lipinski definition) is 3. The van der Waals surface area contributed by atoms with E-state index in [-0.39, 0.29) is 5.91 Å². The number of hydrogen-bond donors (Lipinski definition) is 1. The van der Waals surface area contributed by atoms with Crippen LogP contribution in [-0.4, -0.2) is 44.0 Å². The van der Waals surface area contributed by atoms with E-state index in [1.807, 2.05) is 42.5 Å². The number of anilines is 2. The number of benzene rings is 4. The van der Waals surface area contributed by atoms with Gasteiger partial charge < -0.3 is 15.1 Å². The van der Waals surface area contributed by atoms with E-state index in [1.165, 1.54) is 16.5 Å². The normalized spacial score (nSPS) is 14.9. The van der Waals surface area contributed by atoms with Gasteiger partial charge in [-0.2, -0.15) is 0 Å². The minimum Gasteiger partial charge on any atom is -0.368 e. The van der Waals surface area contributed by atoms with E-state index in [0.29, 0.717) is 5.56 Å². The molecule has 4 heteroatoms. The Hall–Kier alpha value is -3.37. The lowest BCUT2D eigenvalue weighted by Crippen LogP contribution is -2.44. The summed E-state index contributed by atoms with van der Waals surface area (Å²) in [5, 5.41) is 7.66. The minimum atomic E-state index is -0.0859. The molecule has 0 saturated carbocycles. The first-order valence-corrected chi connectivity index (χ1v) is 10.4. The quantitative estimate of drug-likeness (QED) is 0.530. The zero-order chi connectivity index (χ0) is 20.5. The van der Waals surface area contributed by atoms with E-state index in [4.69, 9.17) is 0 Å². The highest BCUT2D eigenvalue weighted by Crippen LogP contribution is 2.30. The third-order valence-electron chi connectivity index (χ3n) is 5.97. The maximum Gasteiger partial charge on any atom is 0.255 e. The van der Waals surface area contributed by atoms with Crippen LogP contribution >= 0.6 is 0 Å². The predicted molar refractivity (Wildman–Crippen MR) is 126 cm³/mol. The highest BCUT2D eigenvalue weighted by atomic mass is 16.1. The van der Waals surface area contributed by atoms with Gasteiger partial charge in [-0.3, -0.25) is 4.79 Å². The molecule has 0 atom stereocenters. The van der Waals surface area contributed by atoms with E-state index in [9.17, 15) is 4.79 Å². The Labute approximate surface area is 176 Å². The Balaban J connectivity index is 1.44. The van der Waals surface area contributed by atoms with Crippen molar-refractivity contribution in [1.82, 2.24) is 4.90 Å². The van der Waals surface area contributed by atoms with Crippen molar-refractivity contribution in [3.05, 3.63) is 84.4 Å². The van der Waals surface area contributed by atoms with Crippen LogP contribution in [0.1, 0.15) is 10.4 Å². The van der Waals surface area contributed by atoms with Gasteiger partial charge in [-0.15, -0.1) is 0 Å². The van der Waals surface area contributed by atoms with Crippen LogP contribution in [-0.2, 0) is 0 Å². The van der Waals surface area contributed by atoms with Crippen LogP contribution in [0.5, 0.6) is 0 Å². The molecule has 5 rings (SSSR count). The van der Waals surface area contributed by atoms with Crippen LogP contribution in [0, 0.1) is 0 Å². The van der Waals surface area contributed by atoms with Gasteiger partial charge in [-0.1, -0.05) is 48.5 Å². The fourth-order valence-electron chi connectivity index (χ4n) is 4.19. The summed E-state index contributed by atoms with van der Waals surface area (Å²) in [6, 6.07) is 26.5. The van der Waals surface area contributed by atoms with Crippen molar-refractivity contribution in [2.75, 3.05) is 43.4 Å². The molecule has 4 aromatic rings. The molecule has 4 aromatic carbocycles. The molecule has 0 unspecified atom stereocenters. The summed E-state index contributed by atoms with van der Waals surface area (Å²) in [6.07, 6.45) is 0. The third-order valence-corrected chi connectivity index (χ3v) is 5.97.